The average Bonchev–Trinajstić information content (AvgIpc) is 1.82. The Labute approximate surface area is 108 Å². The van der Waals surface area contributed by atoms with Crippen molar-refractivity contribution in [1.82, 2.24) is 0 Å². The molecule has 0 aromatic rings. The molecule has 0 radical (unpaired) electrons. The zero-order valence-electron chi connectivity index (χ0n) is 5.33. The molecule has 0 fully saturated rings. The molecule has 5 heteroatoms. The number of thioether (sulfide) groups is 1. The zero-order valence-corrected chi connectivity index (χ0v) is 6.15. The summed E-state index contributed by atoms with van der Waals surface area (Å²) in [4.78, 5) is 10.1. The number of carboxylic acid groups (broad SMARTS) is 1. The van der Waals surface area contributed by atoms with Gasteiger partial charge in [-0.2, -0.15) is 11.8 Å². The topological polar surface area (TPSA) is 63.3 Å². The molecular formula is C5H12KNO2S. The van der Waals surface area contributed by atoms with Crippen LogP contribution in [0.5, 0.6) is 0 Å². The van der Waals surface area contributed by atoms with Crippen molar-refractivity contribution in [3.63, 3.8) is 0 Å². The van der Waals surface area contributed by atoms with E-state index in [1.807, 2.05) is 6.26 Å². The van der Waals surface area contributed by atoms with Gasteiger partial charge in [0.15, 0.2) is 0 Å². The Balaban J connectivity index is 0. The predicted molar refractivity (Wildman–Crippen MR) is 45.8 cm³/mol. The van der Waals surface area contributed by atoms with E-state index in [1.165, 1.54) is 0 Å². The molecule has 0 bridgehead atoms. The standard InChI is InChI=1S/C5H11NO2S.K.H/c1-9-3-2-4(6)5(7)8;;/h4H,2-3,6H2,1H3,(H,7,8);;. The summed E-state index contributed by atoms with van der Waals surface area (Å²) < 4.78 is 0. The fraction of sp³-hybridized carbons (Fsp3) is 0.800. The van der Waals surface area contributed by atoms with E-state index in [0.717, 1.165) is 5.75 Å². The van der Waals surface area contributed by atoms with E-state index in [1.54, 1.807) is 11.8 Å². The van der Waals surface area contributed by atoms with Gasteiger partial charge in [0.2, 0.25) is 0 Å². The Morgan fingerprint density at radius 1 is 1.80 bits per heavy atom. The molecule has 0 aliphatic carbocycles. The van der Waals surface area contributed by atoms with Crippen LogP contribution in [0.25, 0.3) is 0 Å². The molecule has 1 atom stereocenters. The summed E-state index contributed by atoms with van der Waals surface area (Å²) in [5.74, 6) is -0.1000. The number of carboxylic acids is 1. The van der Waals surface area contributed by atoms with Crippen molar-refractivity contribution >= 4 is 69.1 Å². The molecule has 1 unspecified atom stereocenters. The first kappa shape index (κ1) is 14.0. The van der Waals surface area contributed by atoms with E-state index >= 15 is 0 Å². The first-order valence-corrected chi connectivity index (χ1v) is 4.05. The minimum atomic E-state index is -0.913. The molecule has 0 amide bonds. The maximum atomic E-state index is 10.1. The van der Waals surface area contributed by atoms with Crippen LogP contribution in [0, 0.1) is 0 Å². The van der Waals surface area contributed by atoms with Gasteiger partial charge in [-0.3, -0.25) is 4.79 Å². The van der Waals surface area contributed by atoms with Gasteiger partial charge >= 0.3 is 57.4 Å². The van der Waals surface area contributed by atoms with Gasteiger partial charge in [0.1, 0.15) is 6.04 Å². The Morgan fingerprint density at radius 3 is 2.60 bits per heavy atom. The van der Waals surface area contributed by atoms with Crippen LogP contribution >= 0.6 is 11.8 Å². The van der Waals surface area contributed by atoms with Crippen LogP contribution in [0.1, 0.15) is 6.42 Å². The summed E-state index contributed by atoms with van der Waals surface area (Å²) in [5, 5.41) is 8.27. The molecule has 0 saturated carbocycles. The van der Waals surface area contributed by atoms with Crippen molar-refractivity contribution in [3.05, 3.63) is 0 Å². The molecule has 3 nitrogen and oxygen atoms in total. The van der Waals surface area contributed by atoms with Gasteiger partial charge in [-0.15, -0.1) is 0 Å². The van der Waals surface area contributed by atoms with E-state index in [9.17, 15) is 4.79 Å². The third-order valence-electron chi connectivity index (χ3n) is 0.950. The molecule has 0 aliphatic rings. The summed E-state index contributed by atoms with van der Waals surface area (Å²) in [7, 11) is 0. The number of hydrogen-bond donors (Lipinski definition) is 2. The SMILES string of the molecule is CSCCC(N)C(=O)O.[KH]. The van der Waals surface area contributed by atoms with Crippen molar-refractivity contribution < 1.29 is 9.90 Å². The molecule has 0 rings (SSSR count). The number of aliphatic carboxylic acids is 1. The molecule has 3 N–H and O–H groups in total. The van der Waals surface area contributed by atoms with Crippen LogP contribution in [0.3, 0.4) is 0 Å². The fourth-order valence-corrected chi connectivity index (χ4v) is 0.858. The fourth-order valence-electron chi connectivity index (χ4n) is 0.368. The summed E-state index contributed by atoms with van der Waals surface area (Å²) in [6.07, 6.45) is 2.48. The van der Waals surface area contributed by atoms with Gasteiger partial charge in [0.05, 0.1) is 0 Å². The Kier molecular flexibility index (Phi) is 11.9. The zero-order chi connectivity index (χ0) is 7.28. The first-order valence-electron chi connectivity index (χ1n) is 2.65. The normalized spacial score (nSPS) is 11.8. The molecular weight excluding hydrogens is 177 g/mol. The van der Waals surface area contributed by atoms with Gasteiger partial charge in [-0.1, -0.05) is 0 Å². The van der Waals surface area contributed by atoms with Crippen LogP contribution in [-0.2, 0) is 4.79 Å². The quantitative estimate of drug-likeness (QED) is 0.585. The molecule has 10 heavy (non-hydrogen) atoms. The van der Waals surface area contributed by atoms with E-state index in [2.05, 4.69) is 0 Å². The van der Waals surface area contributed by atoms with Gasteiger partial charge in [0, 0.05) is 0 Å². The molecule has 0 spiro atoms. The van der Waals surface area contributed by atoms with Crippen LogP contribution < -0.4 is 5.73 Å². The minimum absolute atomic E-state index is 0. The van der Waals surface area contributed by atoms with Crippen molar-refractivity contribution in [2.45, 2.75) is 12.5 Å². The summed E-state index contributed by atoms with van der Waals surface area (Å²) in [6, 6.07) is -0.683. The number of carbonyl (C=O) groups is 1. The monoisotopic (exact) mass is 189 g/mol. The van der Waals surface area contributed by atoms with Crippen molar-refractivity contribution in [1.29, 1.82) is 0 Å². The summed E-state index contributed by atoms with van der Waals surface area (Å²) in [6.45, 7) is 0. The number of rotatable bonds is 4. The summed E-state index contributed by atoms with van der Waals surface area (Å²) in [5.41, 5.74) is 5.19. The van der Waals surface area contributed by atoms with Gasteiger partial charge in [-0.05, 0) is 18.4 Å². The van der Waals surface area contributed by atoms with Crippen LogP contribution in [-0.4, -0.2) is 80.5 Å². The molecule has 0 saturated heterocycles. The van der Waals surface area contributed by atoms with Gasteiger partial charge < -0.3 is 10.8 Å². The number of hydrogen-bond acceptors (Lipinski definition) is 3. The van der Waals surface area contributed by atoms with E-state index in [-0.39, 0.29) is 51.4 Å². The predicted octanol–water partition coefficient (Wildman–Crippen LogP) is -0.497. The Bertz CT molecular complexity index is 102. The van der Waals surface area contributed by atoms with E-state index < -0.39 is 12.0 Å². The summed E-state index contributed by atoms with van der Waals surface area (Å²) >= 11 is 1.60. The first-order chi connectivity index (χ1) is 4.18. The number of nitrogens with two attached hydrogens (primary N) is 1. The molecule has 56 valence electrons. The van der Waals surface area contributed by atoms with Gasteiger partial charge in [0.25, 0.3) is 0 Å². The second kappa shape index (κ2) is 8.51. The van der Waals surface area contributed by atoms with Crippen LogP contribution in [0.2, 0.25) is 0 Å². The van der Waals surface area contributed by atoms with Crippen LogP contribution in [0.4, 0.5) is 0 Å². The van der Waals surface area contributed by atoms with Crippen molar-refractivity contribution in [3.8, 4) is 0 Å². The van der Waals surface area contributed by atoms with E-state index in [0.29, 0.717) is 6.42 Å². The molecule has 0 aromatic carbocycles. The second-order valence-corrected chi connectivity index (χ2v) is 2.71. The molecule has 0 aliphatic heterocycles. The van der Waals surface area contributed by atoms with Crippen molar-refractivity contribution in [2.24, 2.45) is 5.73 Å². The third kappa shape index (κ3) is 7.52. The van der Waals surface area contributed by atoms with Gasteiger partial charge in [-0.25, -0.2) is 0 Å². The van der Waals surface area contributed by atoms with E-state index in [4.69, 9.17) is 10.8 Å². The third-order valence-corrected chi connectivity index (χ3v) is 1.59. The Morgan fingerprint density at radius 2 is 2.30 bits per heavy atom. The molecule has 0 aromatic heterocycles. The van der Waals surface area contributed by atoms with Crippen LogP contribution in [0.15, 0.2) is 0 Å². The second-order valence-electron chi connectivity index (χ2n) is 1.73. The molecule has 0 heterocycles. The average molecular weight is 189 g/mol. The Hall–Kier alpha value is 1.42. The van der Waals surface area contributed by atoms with Crippen molar-refractivity contribution in [2.75, 3.05) is 12.0 Å². The maximum absolute atomic E-state index is 10.1.